The Labute approximate surface area is 175 Å². The third-order valence-electron chi connectivity index (χ3n) is 4.36. The summed E-state index contributed by atoms with van der Waals surface area (Å²) >= 11 is 0. The standard InChI is InChI=1S/C21H18F3N3O4/c22-21(23,24)12-31-17-7-6-16(10-14(17)11-25)26-19(28)13-3-1-4-15(9-13)27-20(29)18-5-2-8-30-18/h1,3-4,6-7,9-10,18H,2,5,8,12H2,(H,26,28)(H,27,29). The van der Waals surface area contributed by atoms with E-state index in [1.54, 1.807) is 18.2 Å². The molecule has 0 bridgehead atoms. The fraction of sp³-hybridized carbons (Fsp3) is 0.286. The second kappa shape index (κ2) is 9.49. The molecule has 1 saturated heterocycles. The Balaban J connectivity index is 1.67. The molecule has 2 aromatic rings. The Morgan fingerprint density at radius 3 is 2.61 bits per heavy atom. The minimum Gasteiger partial charge on any atom is -0.483 e. The predicted molar refractivity (Wildman–Crippen MR) is 105 cm³/mol. The van der Waals surface area contributed by atoms with Gasteiger partial charge in [-0.2, -0.15) is 18.4 Å². The summed E-state index contributed by atoms with van der Waals surface area (Å²) in [4.78, 5) is 24.7. The summed E-state index contributed by atoms with van der Waals surface area (Å²) in [6.45, 7) is -0.997. The van der Waals surface area contributed by atoms with E-state index in [9.17, 15) is 22.8 Å². The molecule has 10 heteroatoms. The first kappa shape index (κ1) is 22.1. The van der Waals surface area contributed by atoms with Gasteiger partial charge in [-0.05, 0) is 49.2 Å². The van der Waals surface area contributed by atoms with Crippen LogP contribution in [0.1, 0.15) is 28.8 Å². The zero-order chi connectivity index (χ0) is 22.4. The number of nitrogens with zero attached hydrogens (tertiary/aromatic N) is 1. The highest BCUT2D eigenvalue weighted by atomic mass is 19.4. The summed E-state index contributed by atoms with van der Waals surface area (Å²) in [6, 6.07) is 11.7. The van der Waals surface area contributed by atoms with E-state index >= 15 is 0 Å². The van der Waals surface area contributed by atoms with Crippen molar-refractivity contribution < 1.29 is 32.2 Å². The first-order valence-electron chi connectivity index (χ1n) is 9.33. The number of carbonyl (C=O) groups is 2. The van der Waals surface area contributed by atoms with Gasteiger partial charge < -0.3 is 20.1 Å². The van der Waals surface area contributed by atoms with Crippen LogP contribution < -0.4 is 15.4 Å². The van der Waals surface area contributed by atoms with Crippen LogP contribution in [0.2, 0.25) is 0 Å². The third-order valence-corrected chi connectivity index (χ3v) is 4.36. The molecule has 1 atom stereocenters. The monoisotopic (exact) mass is 433 g/mol. The molecular weight excluding hydrogens is 415 g/mol. The van der Waals surface area contributed by atoms with Gasteiger partial charge in [0.2, 0.25) is 0 Å². The Bertz CT molecular complexity index is 1010. The predicted octanol–water partition coefficient (Wildman–Crippen LogP) is 3.87. The number of alkyl halides is 3. The molecule has 0 saturated carbocycles. The lowest BCUT2D eigenvalue weighted by Gasteiger charge is -2.13. The maximum absolute atomic E-state index is 12.5. The van der Waals surface area contributed by atoms with Gasteiger partial charge in [0.15, 0.2) is 6.61 Å². The molecule has 2 N–H and O–H groups in total. The number of benzene rings is 2. The number of hydrogen-bond acceptors (Lipinski definition) is 5. The van der Waals surface area contributed by atoms with Crippen molar-refractivity contribution in [2.45, 2.75) is 25.1 Å². The second-order valence-electron chi connectivity index (χ2n) is 6.75. The average molecular weight is 433 g/mol. The molecule has 1 aliphatic heterocycles. The molecular formula is C21H18F3N3O4. The number of ether oxygens (including phenoxy) is 2. The Morgan fingerprint density at radius 2 is 1.94 bits per heavy atom. The van der Waals surface area contributed by atoms with Crippen molar-refractivity contribution in [2.24, 2.45) is 0 Å². The van der Waals surface area contributed by atoms with E-state index in [-0.39, 0.29) is 28.5 Å². The van der Waals surface area contributed by atoms with Gasteiger partial charge in [0.05, 0.1) is 5.56 Å². The van der Waals surface area contributed by atoms with E-state index in [2.05, 4.69) is 15.4 Å². The summed E-state index contributed by atoms with van der Waals surface area (Å²) in [5.41, 5.74) is 0.706. The first-order valence-corrected chi connectivity index (χ1v) is 9.33. The molecule has 1 unspecified atom stereocenters. The number of hydrogen-bond donors (Lipinski definition) is 2. The Hall–Kier alpha value is -3.58. The van der Waals surface area contributed by atoms with Gasteiger partial charge in [0, 0.05) is 23.5 Å². The normalized spacial score (nSPS) is 15.7. The highest BCUT2D eigenvalue weighted by Gasteiger charge is 2.29. The number of rotatable bonds is 6. The van der Waals surface area contributed by atoms with Crippen molar-refractivity contribution in [3.8, 4) is 11.8 Å². The number of nitrogens with one attached hydrogen (secondary N) is 2. The first-order chi connectivity index (χ1) is 14.7. The van der Waals surface area contributed by atoms with E-state index in [1.165, 1.54) is 30.3 Å². The number of nitriles is 1. The molecule has 31 heavy (non-hydrogen) atoms. The van der Waals surface area contributed by atoms with Gasteiger partial charge in [0.25, 0.3) is 11.8 Å². The summed E-state index contributed by atoms with van der Waals surface area (Å²) in [7, 11) is 0. The van der Waals surface area contributed by atoms with E-state index in [4.69, 9.17) is 10.00 Å². The molecule has 0 radical (unpaired) electrons. The van der Waals surface area contributed by atoms with Gasteiger partial charge >= 0.3 is 6.18 Å². The largest absolute Gasteiger partial charge is 0.483 e. The number of amides is 2. The van der Waals surface area contributed by atoms with Crippen molar-refractivity contribution in [3.63, 3.8) is 0 Å². The zero-order valence-corrected chi connectivity index (χ0v) is 16.2. The lowest BCUT2D eigenvalue weighted by atomic mass is 10.1. The van der Waals surface area contributed by atoms with Crippen molar-refractivity contribution in [2.75, 3.05) is 23.8 Å². The lowest BCUT2D eigenvalue weighted by Crippen LogP contribution is -2.27. The Morgan fingerprint density at radius 1 is 1.16 bits per heavy atom. The van der Waals surface area contributed by atoms with E-state index < -0.39 is 24.8 Å². The molecule has 1 aliphatic rings. The quantitative estimate of drug-likeness (QED) is 0.720. The van der Waals surface area contributed by atoms with Gasteiger partial charge in [-0.1, -0.05) is 6.07 Å². The van der Waals surface area contributed by atoms with Crippen LogP contribution in [0.25, 0.3) is 0 Å². The van der Waals surface area contributed by atoms with Crippen molar-refractivity contribution in [1.29, 1.82) is 5.26 Å². The van der Waals surface area contributed by atoms with Crippen LogP contribution in [0.5, 0.6) is 5.75 Å². The summed E-state index contributed by atoms with van der Waals surface area (Å²) in [6.07, 6.45) is -3.61. The zero-order valence-electron chi connectivity index (χ0n) is 16.2. The SMILES string of the molecule is N#Cc1cc(NC(=O)c2cccc(NC(=O)C3CCCO3)c2)ccc1OCC(F)(F)F. The van der Waals surface area contributed by atoms with Crippen LogP contribution in [0.15, 0.2) is 42.5 Å². The molecule has 2 aromatic carbocycles. The van der Waals surface area contributed by atoms with Crippen LogP contribution >= 0.6 is 0 Å². The number of halogens is 3. The third kappa shape index (κ3) is 6.20. The molecule has 1 fully saturated rings. The second-order valence-corrected chi connectivity index (χ2v) is 6.75. The van der Waals surface area contributed by atoms with Gasteiger partial charge in [-0.15, -0.1) is 0 Å². The lowest BCUT2D eigenvalue weighted by molar-refractivity contribution is -0.153. The molecule has 0 spiro atoms. The highest BCUT2D eigenvalue weighted by molar-refractivity contribution is 6.05. The molecule has 1 heterocycles. The highest BCUT2D eigenvalue weighted by Crippen LogP contribution is 2.25. The maximum atomic E-state index is 12.5. The minimum atomic E-state index is -4.54. The molecule has 0 aromatic heterocycles. The fourth-order valence-corrected chi connectivity index (χ4v) is 2.93. The van der Waals surface area contributed by atoms with Crippen molar-refractivity contribution in [3.05, 3.63) is 53.6 Å². The number of anilines is 2. The summed E-state index contributed by atoms with van der Waals surface area (Å²) < 4.78 is 46.9. The molecule has 162 valence electrons. The molecule has 0 aliphatic carbocycles. The van der Waals surface area contributed by atoms with Crippen LogP contribution in [-0.4, -0.2) is 37.3 Å². The maximum Gasteiger partial charge on any atom is 0.422 e. The van der Waals surface area contributed by atoms with E-state index in [0.29, 0.717) is 18.7 Å². The van der Waals surface area contributed by atoms with Gasteiger partial charge in [-0.25, -0.2) is 0 Å². The van der Waals surface area contributed by atoms with Crippen LogP contribution in [0.4, 0.5) is 24.5 Å². The molecule has 3 rings (SSSR count). The van der Waals surface area contributed by atoms with Crippen molar-refractivity contribution in [1.82, 2.24) is 0 Å². The van der Waals surface area contributed by atoms with Crippen LogP contribution in [-0.2, 0) is 9.53 Å². The number of carbonyl (C=O) groups excluding carboxylic acids is 2. The smallest absolute Gasteiger partial charge is 0.422 e. The van der Waals surface area contributed by atoms with Gasteiger partial charge in [0.1, 0.15) is 17.9 Å². The molecule has 7 nitrogen and oxygen atoms in total. The minimum absolute atomic E-state index is 0.153. The fourth-order valence-electron chi connectivity index (χ4n) is 2.93. The van der Waals surface area contributed by atoms with Crippen LogP contribution in [0.3, 0.4) is 0 Å². The van der Waals surface area contributed by atoms with Crippen molar-refractivity contribution >= 4 is 23.2 Å². The van der Waals surface area contributed by atoms with Crippen LogP contribution in [0, 0.1) is 11.3 Å². The Kier molecular flexibility index (Phi) is 6.77. The topological polar surface area (TPSA) is 100 Å². The average Bonchev–Trinajstić information content (AvgIpc) is 3.27. The summed E-state index contributed by atoms with van der Waals surface area (Å²) in [5, 5.41) is 14.4. The van der Waals surface area contributed by atoms with E-state index in [1.807, 2.05) is 0 Å². The molecule has 2 amide bonds. The van der Waals surface area contributed by atoms with E-state index in [0.717, 1.165) is 6.42 Å². The van der Waals surface area contributed by atoms with Gasteiger partial charge in [-0.3, -0.25) is 9.59 Å². The summed E-state index contributed by atoms with van der Waals surface area (Å²) in [5.74, 6) is -1.05.